The summed E-state index contributed by atoms with van der Waals surface area (Å²) in [6.45, 7) is 7.81. The van der Waals surface area contributed by atoms with E-state index in [1.807, 2.05) is 7.05 Å². The molecule has 0 N–H and O–H groups in total. The third-order valence-corrected chi connectivity index (χ3v) is 3.10. The Morgan fingerprint density at radius 1 is 1.12 bits per heavy atom. The maximum atomic E-state index is 5.55. The minimum Gasteiger partial charge on any atom is -0.496 e. The van der Waals surface area contributed by atoms with Crippen molar-refractivity contribution in [1.29, 1.82) is 0 Å². The van der Waals surface area contributed by atoms with E-state index in [-0.39, 0.29) is 0 Å². The fraction of sp³-hybridized carbons (Fsp3) is 0.571. The molecule has 0 saturated heterocycles. The number of hydrogen-bond acceptors (Lipinski definition) is 3. The summed E-state index contributed by atoms with van der Waals surface area (Å²) < 4.78 is 10.7. The van der Waals surface area contributed by atoms with Crippen LogP contribution in [0.4, 0.5) is 0 Å². The molecule has 0 fully saturated rings. The van der Waals surface area contributed by atoms with Crippen molar-refractivity contribution in [2.75, 3.05) is 28.0 Å². The standard InChI is InChI=1S/C14H23NO2/c1-10-7-11(2)13(8-15(4)9-16-5)14(17-6)12(10)3/h7H,8-9H2,1-6H3. The molecule has 1 rings (SSSR count). The lowest BCUT2D eigenvalue weighted by Gasteiger charge is -2.21. The maximum absolute atomic E-state index is 5.55. The second kappa shape index (κ2) is 6.03. The van der Waals surface area contributed by atoms with Crippen molar-refractivity contribution in [3.8, 4) is 5.75 Å². The maximum Gasteiger partial charge on any atom is 0.126 e. The Morgan fingerprint density at radius 3 is 2.29 bits per heavy atom. The minimum atomic E-state index is 0.621. The molecule has 0 aromatic heterocycles. The smallest absolute Gasteiger partial charge is 0.126 e. The van der Waals surface area contributed by atoms with Crippen LogP contribution in [0.3, 0.4) is 0 Å². The second-order valence-electron chi connectivity index (χ2n) is 4.58. The molecule has 0 heterocycles. The molecule has 3 nitrogen and oxygen atoms in total. The van der Waals surface area contributed by atoms with Gasteiger partial charge in [0.25, 0.3) is 0 Å². The van der Waals surface area contributed by atoms with Gasteiger partial charge < -0.3 is 9.47 Å². The van der Waals surface area contributed by atoms with Crippen LogP contribution in [0, 0.1) is 20.8 Å². The molecule has 0 aliphatic heterocycles. The summed E-state index contributed by atoms with van der Waals surface area (Å²) in [6, 6.07) is 2.22. The molecular formula is C14H23NO2. The summed E-state index contributed by atoms with van der Waals surface area (Å²) in [6.07, 6.45) is 0. The van der Waals surface area contributed by atoms with Crippen LogP contribution in [-0.2, 0) is 11.3 Å². The highest BCUT2D eigenvalue weighted by atomic mass is 16.5. The van der Waals surface area contributed by atoms with Gasteiger partial charge >= 0.3 is 0 Å². The molecule has 0 amide bonds. The molecule has 1 aromatic rings. The largest absolute Gasteiger partial charge is 0.496 e. The van der Waals surface area contributed by atoms with Crippen LogP contribution in [0.2, 0.25) is 0 Å². The quantitative estimate of drug-likeness (QED) is 0.735. The highest BCUT2D eigenvalue weighted by molar-refractivity contribution is 5.49. The number of benzene rings is 1. The lowest BCUT2D eigenvalue weighted by molar-refractivity contribution is 0.0765. The van der Waals surface area contributed by atoms with E-state index >= 15 is 0 Å². The summed E-state index contributed by atoms with van der Waals surface area (Å²) in [5.74, 6) is 1.01. The Hall–Kier alpha value is -1.06. The average molecular weight is 237 g/mol. The van der Waals surface area contributed by atoms with Gasteiger partial charge in [-0.2, -0.15) is 0 Å². The molecule has 0 atom stereocenters. The molecule has 0 saturated carbocycles. The predicted molar refractivity (Wildman–Crippen MR) is 70.5 cm³/mol. The number of methoxy groups -OCH3 is 2. The van der Waals surface area contributed by atoms with Gasteiger partial charge in [-0.3, -0.25) is 4.90 Å². The molecule has 0 unspecified atom stereocenters. The normalized spacial score (nSPS) is 11.0. The van der Waals surface area contributed by atoms with Crippen LogP contribution in [0.25, 0.3) is 0 Å². The predicted octanol–water partition coefficient (Wildman–Crippen LogP) is 2.66. The first-order valence-corrected chi connectivity index (χ1v) is 5.82. The van der Waals surface area contributed by atoms with Crippen molar-refractivity contribution >= 4 is 0 Å². The summed E-state index contributed by atoms with van der Waals surface area (Å²) in [4.78, 5) is 2.12. The minimum absolute atomic E-state index is 0.621. The van der Waals surface area contributed by atoms with Gasteiger partial charge in [-0.05, 0) is 44.5 Å². The fourth-order valence-electron chi connectivity index (χ4n) is 2.11. The Morgan fingerprint density at radius 2 is 1.76 bits per heavy atom. The van der Waals surface area contributed by atoms with Crippen molar-refractivity contribution in [3.63, 3.8) is 0 Å². The van der Waals surface area contributed by atoms with Crippen LogP contribution >= 0.6 is 0 Å². The van der Waals surface area contributed by atoms with E-state index in [4.69, 9.17) is 9.47 Å². The molecule has 1 aromatic carbocycles. The van der Waals surface area contributed by atoms with Crippen molar-refractivity contribution < 1.29 is 9.47 Å². The fourth-order valence-corrected chi connectivity index (χ4v) is 2.11. The number of nitrogens with zero attached hydrogens (tertiary/aromatic N) is 1. The summed E-state index contributed by atoms with van der Waals surface area (Å²) in [5.41, 5.74) is 5.01. The summed E-state index contributed by atoms with van der Waals surface area (Å²) in [5, 5.41) is 0. The summed E-state index contributed by atoms with van der Waals surface area (Å²) in [7, 11) is 5.49. The number of ether oxygens (including phenoxy) is 2. The zero-order valence-corrected chi connectivity index (χ0v) is 11.8. The zero-order chi connectivity index (χ0) is 13.0. The molecule has 96 valence electrons. The molecule has 0 bridgehead atoms. The van der Waals surface area contributed by atoms with Gasteiger partial charge in [-0.1, -0.05) is 6.07 Å². The zero-order valence-electron chi connectivity index (χ0n) is 11.8. The lowest BCUT2D eigenvalue weighted by atomic mass is 9.99. The van der Waals surface area contributed by atoms with E-state index in [9.17, 15) is 0 Å². The van der Waals surface area contributed by atoms with Gasteiger partial charge in [-0.15, -0.1) is 0 Å². The van der Waals surface area contributed by atoms with Gasteiger partial charge in [0.05, 0.1) is 13.8 Å². The van der Waals surface area contributed by atoms with E-state index in [2.05, 4.69) is 31.7 Å². The SMILES string of the molecule is COCN(C)Cc1c(C)cc(C)c(C)c1OC. The van der Waals surface area contributed by atoms with E-state index in [0.29, 0.717) is 6.73 Å². The molecule has 0 spiro atoms. The molecule has 3 heteroatoms. The van der Waals surface area contributed by atoms with Crippen LogP contribution in [0.1, 0.15) is 22.3 Å². The van der Waals surface area contributed by atoms with Crippen molar-refractivity contribution in [2.24, 2.45) is 0 Å². The second-order valence-corrected chi connectivity index (χ2v) is 4.58. The van der Waals surface area contributed by atoms with E-state index in [1.54, 1.807) is 14.2 Å². The first-order chi connectivity index (χ1) is 8.01. The van der Waals surface area contributed by atoms with Gasteiger partial charge in [-0.25, -0.2) is 0 Å². The van der Waals surface area contributed by atoms with E-state index < -0.39 is 0 Å². The molecule has 17 heavy (non-hydrogen) atoms. The van der Waals surface area contributed by atoms with Gasteiger partial charge in [0.1, 0.15) is 5.75 Å². The Labute approximate surface area is 104 Å². The Bertz CT molecular complexity index is 388. The summed E-state index contributed by atoms with van der Waals surface area (Å²) >= 11 is 0. The van der Waals surface area contributed by atoms with Crippen molar-refractivity contribution in [3.05, 3.63) is 28.3 Å². The third-order valence-electron chi connectivity index (χ3n) is 3.10. The third kappa shape index (κ3) is 3.20. The molecular weight excluding hydrogens is 214 g/mol. The molecule has 0 aliphatic rings. The number of aryl methyl sites for hydroxylation is 2. The first kappa shape index (κ1) is 14.0. The van der Waals surface area contributed by atoms with Crippen LogP contribution in [-0.4, -0.2) is 32.9 Å². The molecule has 0 aliphatic carbocycles. The first-order valence-electron chi connectivity index (χ1n) is 5.82. The van der Waals surface area contributed by atoms with Gasteiger partial charge in [0.2, 0.25) is 0 Å². The van der Waals surface area contributed by atoms with E-state index in [1.165, 1.54) is 22.3 Å². The van der Waals surface area contributed by atoms with Gasteiger partial charge in [0.15, 0.2) is 0 Å². The topological polar surface area (TPSA) is 21.7 Å². The highest BCUT2D eigenvalue weighted by Gasteiger charge is 2.13. The molecule has 0 radical (unpaired) electrons. The lowest BCUT2D eigenvalue weighted by Crippen LogP contribution is -2.21. The highest BCUT2D eigenvalue weighted by Crippen LogP contribution is 2.30. The van der Waals surface area contributed by atoms with Crippen LogP contribution in [0.15, 0.2) is 6.07 Å². The number of rotatable bonds is 5. The van der Waals surface area contributed by atoms with Crippen LogP contribution < -0.4 is 4.74 Å². The monoisotopic (exact) mass is 237 g/mol. The van der Waals surface area contributed by atoms with Crippen molar-refractivity contribution in [1.82, 2.24) is 4.90 Å². The number of hydrogen-bond donors (Lipinski definition) is 0. The van der Waals surface area contributed by atoms with E-state index in [0.717, 1.165) is 12.3 Å². The Kier molecular flexibility index (Phi) is 4.97. The van der Waals surface area contributed by atoms with Crippen molar-refractivity contribution in [2.45, 2.75) is 27.3 Å². The Balaban J connectivity index is 3.09. The average Bonchev–Trinajstić information content (AvgIpc) is 2.27. The van der Waals surface area contributed by atoms with Gasteiger partial charge in [0, 0.05) is 19.2 Å². The van der Waals surface area contributed by atoms with Crippen LogP contribution in [0.5, 0.6) is 5.75 Å².